The molecule has 2 aromatic rings. The Balaban J connectivity index is 1.85. The molecule has 0 heterocycles. The van der Waals surface area contributed by atoms with Crippen LogP contribution in [0.5, 0.6) is 5.75 Å². The fourth-order valence-corrected chi connectivity index (χ4v) is 3.95. The van der Waals surface area contributed by atoms with Crippen molar-refractivity contribution in [3.8, 4) is 5.75 Å². The maximum absolute atomic E-state index is 13.3. The lowest BCUT2D eigenvalue weighted by Gasteiger charge is -2.24. The van der Waals surface area contributed by atoms with Gasteiger partial charge in [0.05, 0.1) is 52.7 Å². The molecule has 2 rings (SSSR count). The van der Waals surface area contributed by atoms with Gasteiger partial charge in [0.25, 0.3) is 10.9 Å². The average molecular weight is 651 g/mol. The van der Waals surface area contributed by atoms with Crippen molar-refractivity contribution in [2.24, 2.45) is 5.73 Å². The number of benzene rings is 1. The standard InChI is InChI=1S/C29H42N6O11/c1-31-23(38)17-46-14-13-45-12-11-44-10-9-43-8-7-33-24-25(27(40)26(24)39)34-20(15-18-3-5-19(36)6-4-18)29(42)35-21(16-22(30)37)28(41)32-2/h3-6,20-21,33-34,36H,7-17H2,1-2H3,(H2,30,37)(H,31,38)(H,32,41)(H,35,42)/t20-,21+/m1/s1. The van der Waals surface area contributed by atoms with Gasteiger partial charge in [-0.05, 0) is 17.7 Å². The first-order valence-corrected chi connectivity index (χ1v) is 14.5. The first kappa shape index (κ1) is 37.6. The van der Waals surface area contributed by atoms with Crippen LogP contribution in [-0.4, -0.2) is 114 Å². The van der Waals surface area contributed by atoms with Crippen molar-refractivity contribution in [1.82, 2.24) is 16.0 Å². The number of anilines is 2. The second-order valence-corrected chi connectivity index (χ2v) is 9.81. The van der Waals surface area contributed by atoms with Gasteiger partial charge in [-0.3, -0.25) is 28.8 Å². The Morgan fingerprint density at radius 2 is 1.33 bits per heavy atom. The molecule has 4 amide bonds. The van der Waals surface area contributed by atoms with Gasteiger partial charge in [0.1, 0.15) is 35.8 Å². The summed E-state index contributed by atoms with van der Waals surface area (Å²) in [7, 11) is 2.86. The molecule has 17 nitrogen and oxygen atoms in total. The van der Waals surface area contributed by atoms with Crippen molar-refractivity contribution in [1.29, 1.82) is 0 Å². The molecule has 0 saturated carbocycles. The zero-order chi connectivity index (χ0) is 33.9. The molecular formula is C29H42N6O11. The first-order chi connectivity index (χ1) is 22.1. The van der Waals surface area contributed by atoms with Gasteiger partial charge in [-0.2, -0.15) is 0 Å². The predicted octanol–water partition coefficient (Wildman–Crippen LogP) is -2.66. The Bertz CT molecular complexity index is 1340. The number of amides is 4. The van der Waals surface area contributed by atoms with Gasteiger partial charge >= 0.3 is 0 Å². The monoisotopic (exact) mass is 650 g/mol. The van der Waals surface area contributed by atoms with Crippen LogP contribution in [0.1, 0.15) is 12.0 Å². The minimum absolute atomic E-state index is 0.00100. The number of primary amides is 1. The van der Waals surface area contributed by atoms with Crippen molar-refractivity contribution >= 4 is 35.0 Å². The molecule has 8 N–H and O–H groups in total. The summed E-state index contributed by atoms with van der Waals surface area (Å²) in [5.41, 5.74) is 4.08. The summed E-state index contributed by atoms with van der Waals surface area (Å²) in [6.07, 6.45) is -0.457. The van der Waals surface area contributed by atoms with Gasteiger partial charge in [-0.1, -0.05) is 12.1 Å². The minimum atomic E-state index is -1.26. The van der Waals surface area contributed by atoms with E-state index in [1.165, 1.54) is 26.2 Å². The largest absolute Gasteiger partial charge is 0.508 e. The molecular weight excluding hydrogens is 608 g/mol. The topological polar surface area (TPSA) is 246 Å². The summed E-state index contributed by atoms with van der Waals surface area (Å²) >= 11 is 0. The smallest absolute Gasteiger partial charge is 0.253 e. The summed E-state index contributed by atoms with van der Waals surface area (Å²) in [6.45, 7) is 2.17. The molecule has 0 aliphatic heterocycles. The van der Waals surface area contributed by atoms with Crippen LogP contribution < -0.4 is 43.2 Å². The van der Waals surface area contributed by atoms with E-state index in [4.69, 9.17) is 24.7 Å². The Morgan fingerprint density at radius 1 is 0.761 bits per heavy atom. The Hall–Kier alpha value is -4.58. The molecule has 0 bridgehead atoms. The number of rotatable bonds is 24. The number of nitrogens with one attached hydrogen (secondary N) is 5. The zero-order valence-corrected chi connectivity index (χ0v) is 25.8. The van der Waals surface area contributed by atoms with E-state index in [0.29, 0.717) is 32.0 Å². The van der Waals surface area contributed by atoms with Crippen LogP contribution in [0.2, 0.25) is 0 Å². The van der Waals surface area contributed by atoms with E-state index < -0.39 is 47.1 Å². The minimum Gasteiger partial charge on any atom is -0.508 e. The Morgan fingerprint density at radius 3 is 1.89 bits per heavy atom. The number of hydrogen-bond acceptors (Lipinski definition) is 13. The van der Waals surface area contributed by atoms with Crippen LogP contribution in [-0.2, 0) is 44.5 Å². The third kappa shape index (κ3) is 13.2. The molecule has 0 aromatic heterocycles. The number of carbonyl (C=O) groups is 4. The van der Waals surface area contributed by atoms with Gasteiger partial charge in [0.15, 0.2) is 0 Å². The summed E-state index contributed by atoms with van der Waals surface area (Å²) in [6, 6.07) is 3.56. The molecule has 254 valence electrons. The van der Waals surface area contributed by atoms with Crippen molar-refractivity contribution < 1.29 is 43.2 Å². The van der Waals surface area contributed by atoms with E-state index in [1.54, 1.807) is 12.1 Å². The van der Waals surface area contributed by atoms with Gasteiger partial charge in [-0.15, -0.1) is 0 Å². The zero-order valence-electron chi connectivity index (χ0n) is 25.8. The van der Waals surface area contributed by atoms with E-state index in [2.05, 4.69) is 26.6 Å². The highest BCUT2D eigenvalue weighted by molar-refractivity contribution is 5.94. The highest BCUT2D eigenvalue weighted by Crippen LogP contribution is 2.18. The summed E-state index contributed by atoms with van der Waals surface area (Å²) in [4.78, 5) is 72.7. The first-order valence-electron chi connectivity index (χ1n) is 14.5. The van der Waals surface area contributed by atoms with Crippen LogP contribution in [0.25, 0.3) is 0 Å². The molecule has 0 saturated heterocycles. The highest BCUT2D eigenvalue weighted by atomic mass is 16.6. The number of ether oxygens (including phenoxy) is 4. The van der Waals surface area contributed by atoms with Crippen molar-refractivity contribution in [3.05, 3.63) is 50.3 Å². The lowest BCUT2D eigenvalue weighted by atomic mass is 10.0. The normalized spacial score (nSPS) is 12.2. The molecule has 0 spiro atoms. The van der Waals surface area contributed by atoms with Gasteiger partial charge in [0.2, 0.25) is 23.6 Å². The maximum Gasteiger partial charge on any atom is 0.253 e. The Labute approximate surface area is 265 Å². The second-order valence-electron chi connectivity index (χ2n) is 9.81. The van der Waals surface area contributed by atoms with Crippen LogP contribution in [0.4, 0.5) is 11.4 Å². The molecule has 0 fully saturated rings. The number of likely N-dealkylation sites (N-methyl/N-ethyl adjacent to an activating group) is 2. The van der Waals surface area contributed by atoms with Crippen molar-refractivity contribution in [2.45, 2.75) is 24.9 Å². The SMILES string of the molecule is CNC(=O)COCCOCCOCCOCCNc1c(N[C@H](Cc2ccc(O)cc2)C(=O)N[C@@H](CC(N)=O)C(=O)NC)c(=O)c1=O. The molecule has 2 aromatic carbocycles. The summed E-state index contributed by atoms with van der Waals surface area (Å²) < 4.78 is 21.3. The van der Waals surface area contributed by atoms with Gasteiger partial charge in [-0.25, -0.2) is 0 Å². The molecule has 2 atom stereocenters. The quantitative estimate of drug-likeness (QED) is 0.0454. The van der Waals surface area contributed by atoms with Crippen LogP contribution in [0, 0.1) is 0 Å². The number of phenolic OH excluding ortho intramolecular Hbond substituents is 1. The van der Waals surface area contributed by atoms with Crippen molar-refractivity contribution in [2.75, 3.05) is 84.1 Å². The molecule has 17 heteroatoms. The lowest BCUT2D eigenvalue weighted by molar-refractivity contribution is -0.131. The van der Waals surface area contributed by atoms with E-state index in [1.807, 2.05) is 0 Å². The summed E-state index contributed by atoms with van der Waals surface area (Å²) in [5.74, 6) is -2.40. The number of hydrogen-bond donors (Lipinski definition) is 7. The highest BCUT2D eigenvalue weighted by Gasteiger charge is 2.30. The van der Waals surface area contributed by atoms with Crippen LogP contribution in [0.3, 0.4) is 0 Å². The number of phenols is 1. The number of carbonyl (C=O) groups excluding carboxylic acids is 4. The maximum atomic E-state index is 13.3. The van der Waals surface area contributed by atoms with Crippen LogP contribution >= 0.6 is 0 Å². The van der Waals surface area contributed by atoms with E-state index >= 15 is 0 Å². The van der Waals surface area contributed by atoms with E-state index in [-0.39, 0.29) is 62.4 Å². The number of aromatic hydroxyl groups is 1. The molecule has 0 radical (unpaired) electrons. The van der Waals surface area contributed by atoms with Crippen LogP contribution in [0.15, 0.2) is 33.9 Å². The Kier molecular flexibility index (Phi) is 16.7. The molecule has 46 heavy (non-hydrogen) atoms. The average Bonchev–Trinajstić information content (AvgIpc) is 3.04. The predicted molar refractivity (Wildman–Crippen MR) is 166 cm³/mol. The van der Waals surface area contributed by atoms with Crippen molar-refractivity contribution in [3.63, 3.8) is 0 Å². The molecule has 0 unspecified atom stereocenters. The number of nitrogens with two attached hydrogens (primary N) is 1. The third-order valence-corrected chi connectivity index (χ3v) is 6.38. The second kappa shape index (κ2) is 20.5. The van der Waals surface area contributed by atoms with Gasteiger partial charge < -0.3 is 56.4 Å². The van der Waals surface area contributed by atoms with E-state index in [9.17, 15) is 33.9 Å². The fraction of sp³-hybridized carbons (Fsp3) is 0.517. The lowest BCUT2D eigenvalue weighted by Crippen LogP contribution is -2.53. The third-order valence-electron chi connectivity index (χ3n) is 6.38. The fourth-order valence-electron chi connectivity index (χ4n) is 3.95. The van der Waals surface area contributed by atoms with E-state index in [0.717, 1.165) is 0 Å². The molecule has 0 aliphatic rings. The van der Waals surface area contributed by atoms with Gasteiger partial charge in [0, 0.05) is 27.1 Å². The molecule has 0 aliphatic carbocycles. The summed E-state index contributed by atoms with van der Waals surface area (Å²) in [5, 5.41) is 22.5.